The Morgan fingerprint density at radius 2 is 2.06 bits per heavy atom. The summed E-state index contributed by atoms with van der Waals surface area (Å²) in [6.45, 7) is 9.19. The molecule has 1 N–H and O–H groups in total. The second-order valence-corrected chi connectivity index (χ2v) is 6.86. The number of nitrogens with zero attached hydrogens (tertiary/aromatic N) is 1. The molecule has 0 saturated heterocycles. The fraction of sp³-hybridized carbons (Fsp3) is 0.643. The third kappa shape index (κ3) is 3.82. The van der Waals surface area contributed by atoms with Gasteiger partial charge in [0, 0.05) is 16.3 Å². The number of carbonyl (C=O) groups is 1. The quantitative estimate of drug-likeness (QED) is 0.891. The van der Waals surface area contributed by atoms with Crippen molar-refractivity contribution in [1.29, 1.82) is 0 Å². The molecule has 18 heavy (non-hydrogen) atoms. The van der Waals surface area contributed by atoms with Gasteiger partial charge in [-0.2, -0.15) is 0 Å². The zero-order chi connectivity index (χ0) is 13.9. The number of carboxylic acid groups (broad SMARTS) is 1. The molecule has 1 aromatic heterocycles. The van der Waals surface area contributed by atoms with Crippen molar-refractivity contribution in [1.82, 2.24) is 4.90 Å². The topological polar surface area (TPSA) is 40.5 Å². The van der Waals surface area contributed by atoms with E-state index in [1.807, 2.05) is 18.9 Å². The minimum atomic E-state index is -0.743. The molecule has 0 aliphatic heterocycles. The molecule has 0 saturated carbocycles. The van der Waals surface area contributed by atoms with Crippen molar-refractivity contribution in [3.63, 3.8) is 0 Å². The van der Waals surface area contributed by atoms with Crippen LogP contribution in [-0.2, 0) is 16.8 Å². The van der Waals surface area contributed by atoms with Gasteiger partial charge < -0.3 is 5.11 Å². The van der Waals surface area contributed by atoms with Crippen LogP contribution in [0.3, 0.4) is 0 Å². The van der Waals surface area contributed by atoms with Crippen LogP contribution < -0.4 is 0 Å². The van der Waals surface area contributed by atoms with Crippen LogP contribution in [0.4, 0.5) is 0 Å². The van der Waals surface area contributed by atoms with Gasteiger partial charge in [0.15, 0.2) is 0 Å². The van der Waals surface area contributed by atoms with Crippen LogP contribution in [0.5, 0.6) is 0 Å². The molecule has 4 heteroatoms. The first-order valence-corrected chi connectivity index (χ1v) is 7.09. The van der Waals surface area contributed by atoms with Crippen molar-refractivity contribution in [2.45, 2.75) is 52.1 Å². The molecule has 0 spiro atoms. The van der Waals surface area contributed by atoms with Crippen molar-refractivity contribution in [2.75, 3.05) is 7.05 Å². The first-order chi connectivity index (χ1) is 8.25. The van der Waals surface area contributed by atoms with E-state index in [0.717, 1.165) is 0 Å². The Kier molecular flexibility index (Phi) is 4.93. The molecule has 0 amide bonds. The summed E-state index contributed by atoms with van der Waals surface area (Å²) in [5.74, 6) is -0.743. The molecule has 0 fully saturated rings. The molecule has 1 heterocycles. The van der Waals surface area contributed by atoms with E-state index in [9.17, 15) is 4.79 Å². The second kappa shape index (κ2) is 5.85. The third-order valence-electron chi connectivity index (χ3n) is 3.01. The van der Waals surface area contributed by atoms with Crippen molar-refractivity contribution >= 4 is 17.3 Å². The summed E-state index contributed by atoms with van der Waals surface area (Å²) < 4.78 is 0. The second-order valence-electron chi connectivity index (χ2n) is 5.69. The Morgan fingerprint density at radius 1 is 1.44 bits per heavy atom. The van der Waals surface area contributed by atoms with Crippen LogP contribution in [0.15, 0.2) is 12.1 Å². The fourth-order valence-electron chi connectivity index (χ4n) is 1.90. The highest BCUT2D eigenvalue weighted by atomic mass is 32.1. The van der Waals surface area contributed by atoms with Crippen LogP contribution in [0.1, 0.15) is 43.9 Å². The van der Waals surface area contributed by atoms with E-state index in [1.165, 1.54) is 9.75 Å². The summed E-state index contributed by atoms with van der Waals surface area (Å²) in [4.78, 5) is 15.6. The maximum absolute atomic E-state index is 11.1. The molecule has 102 valence electrons. The molecule has 1 atom stereocenters. The molecule has 1 unspecified atom stereocenters. The zero-order valence-electron chi connectivity index (χ0n) is 11.9. The molecule has 0 bridgehead atoms. The van der Waals surface area contributed by atoms with E-state index in [-0.39, 0.29) is 5.41 Å². The van der Waals surface area contributed by atoms with Crippen LogP contribution in [0.2, 0.25) is 0 Å². The minimum Gasteiger partial charge on any atom is -0.480 e. The van der Waals surface area contributed by atoms with Crippen molar-refractivity contribution in [2.24, 2.45) is 0 Å². The molecular weight excluding hydrogens is 246 g/mol. The smallest absolute Gasteiger partial charge is 0.320 e. The maximum atomic E-state index is 11.1. The standard InChI is InChI=1S/C14H23NO2S/c1-6-11(13(16)17)15(5)9-10-7-8-12(18-10)14(2,3)4/h7-8,11H,6,9H2,1-5H3,(H,16,17). The molecule has 3 nitrogen and oxygen atoms in total. The number of hydrogen-bond donors (Lipinski definition) is 1. The molecular formula is C14H23NO2S. The highest BCUT2D eigenvalue weighted by Crippen LogP contribution is 2.30. The summed E-state index contributed by atoms with van der Waals surface area (Å²) in [6, 6.07) is 3.86. The summed E-state index contributed by atoms with van der Waals surface area (Å²) in [6.07, 6.45) is 0.628. The molecule has 0 radical (unpaired) electrons. The van der Waals surface area contributed by atoms with Gasteiger partial charge in [-0.25, -0.2) is 0 Å². The van der Waals surface area contributed by atoms with E-state index < -0.39 is 12.0 Å². The molecule has 1 rings (SSSR count). The average molecular weight is 269 g/mol. The summed E-state index contributed by atoms with van der Waals surface area (Å²) in [7, 11) is 1.87. The minimum absolute atomic E-state index is 0.165. The number of hydrogen-bond acceptors (Lipinski definition) is 3. The van der Waals surface area contributed by atoms with Gasteiger partial charge in [0.2, 0.25) is 0 Å². The van der Waals surface area contributed by atoms with E-state index >= 15 is 0 Å². The van der Waals surface area contributed by atoms with Gasteiger partial charge in [-0.3, -0.25) is 9.69 Å². The van der Waals surface area contributed by atoms with Gasteiger partial charge in [-0.15, -0.1) is 11.3 Å². The predicted molar refractivity (Wildman–Crippen MR) is 76.2 cm³/mol. The summed E-state index contributed by atoms with van der Waals surface area (Å²) in [5.41, 5.74) is 0.165. The normalized spacial score (nSPS) is 13.9. The predicted octanol–water partition coefficient (Wildman–Crippen LogP) is 3.34. The first kappa shape index (κ1) is 15.2. The highest BCUT2D eigenvalue weighted by Gasteiger charge is 2.22. The van der Waals surface area contributed by atoms with E-state index in [1.54, 1.807) is 11.3 Å². The fourth-order valence-corrected chi connectivity index (χ4v) is 3.03. The number of thiophene rings is 1. The van der Waals surface area contributed by atoms with Crippen molar-refractivity contribution in [3.05, 3.63) is 21.9 Å². The van der Waals surface area contributed by atoms with E-state index in [0.29, 0.717) is 13.0 Å². The van der Waals surface area contributed by atoms with Gasteiger partial charge in [0.1, 0.15) is 6.04 Å². The summed E-state index contributed by atoms with van der Waals surface area (Å²) in [5, 5.41) is 9.12. The monoisotopic (exact) mass is 269 g/mol. The van der Waals surface area contributed by atoms with Gasteiger partial charge in [0.05, 0.1) is 0 Å². The molecule has 0 aliphatic rings. The van der Waals surface area contributed by atoms with Gasteiger partial charge in [-0.1, -0.05) is 27.7 Å². The van der Waals surface area contributed by atoms with E-state index in [4.69, 9.17) is 5.11 Å². The van der Waals surface area contributed by atoms with Gasteiger partial charge >= 0.3 is 5.97 Å². The van der Waals surface area contributed by atoms with Crippen molar-refractivity contribution < 1.29 is 9.90 Å². The number of rotatable bonds is 5. The Hall–Kier alpha value is -0.870. The van der Waals surface area contributed by atoms with Crippen molar-refractivity contribution in [3.8, 4) is 0 Å². The largest absolute Gasteiger partial charge is 0.480 e. The molecule has 0 aromatic carbocycles. The van der Waals surface area contributed by atoms with E-state index in [2.05, 4.69) is 32.9 Å². The van der Waals surface area contributed by atoms with Crippen LogP contribution in [0.25, 0.3) is 0 Å². The van der Waals surface area contributed by atoms with Gasteiger partial charge in [0.25, 0.3) is 0 Å². The SMILES string of the molecule is CCC(C(=O)O)N(C)Cc1ccc(C(C)(C)C)s1. The Bertz CT molecular complexity index is 406. The molecule has 1 aromatic rings. The van der Waals surface area contributed by atoms with Gasteiger partial charge in [-0.05, 0) is 31.0 Å². The Labute approximate surface area is 113 Å². The lowest BCUT2D eigenvalue weighted by molar-refractivity contribution is -0.143. The number of aliphatic carboxylic acids is 1. The lowest BCUT2D eigenvalue weighted by Crippen LogP contribution is -2.37. The highest BCUT2D eigenvalue weighted by molar-refractivity contribution is 7.12. The first-order valence-electron chi connectivity index (χ1n) is 6.28. The van der Waals surface area contributed by atoms with Crippen LogP contribution in [0, 0.1) is 0 Å². The Balaban J connectivity index is 2.73. The maximum Gasteiger partial charge on any atom is 0.320 e. The number of carboxylic acids is 1. The zero-order valence-corrected chi connectivity index (χ0v) is 12.7. The van der Waals surface area contributed by atoms with Crippen LogP contribution in [-0.4, -0.2) is 29.1 Å². The third-order valence-corrected chi connectivity index (χ3v) is 4.51. The number of likely N-dealkylation sites (N-methyl/N-ethyl adjacent to an activating group) is 1. The van der Waals surface area contributed by atoms with Crippen LogP contribution >= 0.6 is 11.3 Å². The Morgan fingerprint density at radius 3 is 2.44 bits per heavy atom. The molecule has 0 aliphatic carbocycles. The lowest BCUT2D eigenvalue weighted by atomic mass is 9.95. The summed E-state index contributed by atoms with van der Waals surface area (Å²) >= 11 is 1.77. The lowest BCUT2D eigenvalue weighted by Gasteiger charge is -2.22. The average Bonchev–Trinajstić information content (AvgIpc) is 2.65.